The zero-order chi connectivity index (χ0) is 20.6. The van der Waals surface area contributed by atoms with Gasteiger partial charge in [0.25, 0.3) is 0 Å². The van der Waals surface area contributed by atoms with Gasteiger partial charge < -0.3 is 14.8 Å². The Morgan fingerprint density at radius 1 is 1.13 bits per heavy atom. The van der Waals surface area contributed by atoms with Gasteiger partial charge in [-0.1, -0.05) is 36.4 Å². The molecule has 0 fully saturated rings. The molecular formula is C23H30IN5S. The molecule has 0 bridgehead atoms. The minimum Gasteiger partial charge on any atom is -0.352 e. The van der Waals surface area contributed by atoms with Crippen molar-refractivity contribution in [3.8, 4) is 0 Å². The summed E-state index contributed by atoms with van der Waals surface area (Å²) in [5.41, 5.74) is 3.77. The van der Waals surface area contributed by atoms with E-state index in [2.05, 4.69) is 86.6 Å². The Kier molecular flexibility index (Phi) is 9.71. The van der Waals surface area contributed by atoms with Crippen molar-refractivity contribution in [2.24, 2.45) is 4.99 Å². The molecule has 0 amide bonds. The number of aryl methyl sites for hydroxylation is 1. The maximum Gasteiger partial charge on any atom is 0.193 e. The molecule has 0 atom stereocenters. The predicted molar refractivity (Wildman–Crippen MR) is 138 cm³/mol. The molecule has 30 heavy (non-hydrogen) atoms. The van der Waals surface area contributed by atoms with Gasteiger partial charge in [0, 0.05) is 51.0 Å². The molecule has 1 heterocycles. The van der Waals surface area contributed by atoms with Gasteiger partial charge in [0.1, 0.15) is 5.82 Å². The molecule has 0 aliphatic rings. The van der Waals surface area contributed by atoms with Crippen molar-refractivity contribution in [3.05, 3.63) is 83.4 Å². The Morgan fingerprint density at radius 2 is 1.87 bits per heavy atom. The first-order chi connectivity index (χ1) is 14.1. The SMILES string of the molecule is CN=C(NCc1cccc(Cn2ccnc2C)c1)N(C)Cc1ccc(SC)cc1.I. The van der Waals surface area contributed by atoms with Gasteiger partial charge in [-0.15, -0.1) is 35.7 Å². The second kappa shape index (κ2) is 12.0. The molecule has 0 unspecified atom stereocenters. The van der Waals surface area contributed by atoms with Crippen LogP contribution in [0.3, 0.4) is 0 Å². The number of aliphatic imine (C=N–C) groups is 1. The average Bonchev–Trinajstić information content (AvgIpc) is 3.14. The van der Waals surface area contributed by atoms with Gasteiger partial charge in [0.15, 0.2) is 5.96 Å². The molecule has 2 aromatic carbocycles. The van der Waals surface area contributed by atoms with Crippen LogP contribution in [0.4, 0.5) is 0 Å². The van der Waals surface area contributed by atoms with Gasteiger partial charge in [-0.2, -0.15) is 0 Å². The number of hydrogen-bond acceptors (Lipinski definition) is 3. The molecule has 5 nitrogen and oxygen atoms in total. The zero-order valence-corrected chi connectivity index (χ0v) is 21.1. The van der Waals surface area contributed by atoms with Gasteiger partial charge in [-0.25, -0.2) is 4.98 Å². The van der Waals surface area contributed by atoms with E-state index in [0.29, 0.717) is 0 Å². The van der Waals surface area contributed by atoms with Crippen LogP contribution in [0.1, 0.15) is 22.5 Å². The summed E-state index contributed by atoms with van der Waals surface area (Å²) in [4.78, 5) is 12.2. The van der Waals surface area contributed by atoms with E-state index >= 15 is 0 Å². The Labute approximate surface area is 201 Å². The van der Waals surface area contributed by atoms with Crippen LogP contribution in [0.15, 0.2) is 70.8 Å². The molecule has 0 spiro atoms. The molecule has 7 heteroatoms. The van der Waals surface area contributed by atoms with E-state index in [9.17, 15) is 0 Å². The molecule has 1 N–H and O–H groups in total. The second-order valence-corrected chi connectivity index (χ2v) is 7.91. The third-order valence-corrected chi connectivity index (χ3v) is 5.61. The van der Waals surface area contributed by atoms with Crippen molar-refractivity contribution >= 4 is 41.7 Å². The fourth-order valence-electron chi connectivity index (χ4n) is 3.25. The molecular weight excluding hydrogens is 505 g/mol. The number of guanidine groups is 1. The first-order valence-electron chi connectivity index (χ1n) is 9.69. The van der Waals surface area contributed by atoms with E-state index < -0.39 is 0 Å². The van der Waals surface area contributed by atoms with Crippen LogP contribution in [0, 0.1) is 6.92 Å². The number of rotatable bonds is 7. The minimum absolute atomic E-state index is 0. The van der Waals surface area contributed by atoms with Crippen molar-refractivity contribution in [3.63, 3.8) is 0 Å². The summed E-state index contributed by atoms with van der Waals surface area (Å²) >= 11 is 1.76. The summed E-state index contributed by atoms with van der Waals surface area (Å²) < 4.78 is 2.15. The third kappa shape index (κ3) is 6.77. The molecule has 160 valence electrons. The average molecular weight is 535 g/mol. The number of nitrogens with one attached hydrogen (secondary N) is 1. The van der Waals surface area contributed by atoms with E-state index in [1.807, 2.05) is 26.4 Å². The summed E-state index contributed by atoms with van der Waals surface area (Å²) in [7, 11) is 3.89. The molecule has 0 aliphatic carbocycles. The first-order valence-corrected chi connectivity index (χ1v) is 10.9. The van der Waals surface area contributed by atoms with Gasteiger partial charge in [-0.3, -0.25) is 4.99 Å². The Morgan fingerprint density at radius 3 is 2.50 bits per heavy atom. The number of benzene rings is 2. The lowest BCUT2D eigenvalue weighted by Gasteiger charge is -2.22. The molecule has 0 aliphatic heterocycles. The summed E-state index contributed by atoms with van der Waals surface area (Å²) in [6, 6.07) is 17.3. The normalized spacial score (nSPS) is 11.1. The van der Waals surface area contributed by atoms with Crippen LogP contribution < -0.4 is 5.32 Å². The number of imidazole rings is 1. The lowest BCUT2D eigenvalue weighted by atomic mass is 10.1. The summed E-state index contributed by atoms with van der Waals surface area (Å²) in [6.07, 6.45) is 5.95. The molecule has 3 rings (SSSR count). The van der Waals surface area contributed by atoms with E-state index in [4.69, 9.17) is 0 Å². The highest BCUT2D eigenvalue weighted by molar-refractivity contribution is 14.0. The van der Waals surface area contributed by atoms with Crippen molar-refractivity contribution in [2.45, 2.75) is 31.5 Å². The smallest absolute Gasteiger partial charge is 0.193 e. The van der Waals surface area contributed by atoms with Crippen molar-refractivity contribution in [1.82, 2.24) is 19.8 Å². The van der Waals surface area contributed by atoms with Crippen molar-refractivity contribution < 1.29 is 0 Å². The van der Waals surface area contributed by atoms with Crippen molar-refractivity contribution in [2.75, 3.05) is 20.4 Å². The molecule has 1 aromatic heterocycles. The van der Waals surface area contributed by atoms with Crippen molar-refractivity contribution in [1.29, 1.82) is 0 Å². The summed E-state index contributed by atoms with van der Waals surface area (Å²) in [5.74, 6) is 1.91. The summed E-state index contributed by atoms with van der Waals surface area (Å²) in [6.45, 7) is 4.41. The Balaban J connectivity index is 0.00000320. The highest BCUT2D eigenvalue weighted by Gasteiger charge is 2.07. The largest absolute Gasteiger partial charge is 0.352 e. The van der Waals surface area contributed by atoms with E-state index in [-0.39, 0.29) is 24.0 Å². The molecule has 0 saturated heterocycles. The maximum absolute atomic E-state index is 4.44. The van der Waals surface area contributed by atoms with E-state index in [0.717, 1.165) is 31.4 Å². The zero-order valence-electron chi connectivity index (χ0n) is 18.0. The summed E-state index contributed by atoms with van der Waals surface area (Å²) in [5, 5.41) is 3.48. The molecule has 0 radical (unpaired) electrons. The van der Waals surface area contributed by atoms with E-state index in [1.54, 1.807) is 11.8 Å². The van der Waals surface area contributed by atoms with Crippen LogP contribution >= 0.6 is 35.7 Å². The highest BCUT2D eigenvalue weighted by atomic mass is 127. The van der Waals surface area contributed by atoms with Gasteiger partial charge in [0.2, 0.25) is 0 Å². The van der Waals surface area contributed by atoms with Crippen LogP contribution in [0.25, 0.3) is 0 Å². The Hall–Kier alpha value is -2.00. The van der Waals surface area contributed by atoms with Gasteiger partial charge >= 0.3 is 0 Å². The second-order valence-electron chi connectivity index (χ2n) is 7.03. The Bertz CT molecular complexity index is 952. The minimum atomic E-state index is 0. The van der Waals surface area contributed by atoms with Crippen LogP contribution in [-0.4, -0.2) is 40.8 Å². The standard InChI is InChI=1S/C23H29N5S.HI/c1-18-25-12-13-28(18)17-21-7-5-6-20(14-21)15-26-23(24-2)27(3)16-19-8-10-22(29-4)11-9-19;/h5-14H,15-17H2,1-4H3,(H,24,26);1H. The lowest BCUT2D eigenvalue weighted by Crippen LogP contribution is -2.38. The molecule has 0 saturated carbocycles. The third-order valence-electron chi connectivity index (χ3n) is 4.87. The first kappa shape index (κ1) is 24.3. The number of nitrogens with zero attached hydrogens (tertiary/aromatic N) is 4. The molecule has 3 aromatic rings. The van der Waals surface area contributed by atoms with Gasteiger partial charge in [0.05, 0.1) is 0 Å². The number of hydrogen-bond donors (Lipinski definition) is 1. The lowest BCUT2D eigenvalue weighted by molar-refractivity contribution is 0.476. The fraction of sp³-hybridized carbons (Fsp3) is 0.304. The van der Waals surface area contributed by atoms with E-state index in [1.165, 1.54) is 21.6 Å². The number of thioether (sulfide) groups is 1. The predicted octanol–water partition coefficient (Wildman–Crippen LogP) is 4.79. The van der Waals surface area contributed by atoms with Crippen LogP contribution in [-0.2, 0) is 19.6 Å². The highest BCUT2D eigenvalue weighted by Crippen LogP contribution is 2.15. The number of halogens is 1. The van der Waals surface area contributed by atoms with Crippen LogP contribution in [0.5, 0.6) is 0 Å². The van der Waals surface area contributed by atoms with Crippen LogP contribution in [0.2, 0.25) is 0 Å². The fourth-order valence-corrected chi connectivity index (χ4v) is 3.66. The quantitative estimate of drug-likeness (QED) is 0.205. The monoisotopic (exact) mass is 535 g/mol. The maximum atomic E-state index is 4.44. The topological polar surface area (TPSA) is 45.5 Å². The number of aromatic nitrogens is 2. The van der Waals surface area contributed by atoms with Gasteiger partial charge in [-0.05, 0) is 42.0 Å².